The molecule has 0 aliphatic rings. The molecule has 3 rings (SSSR count). The highest BCUT2D eigenvalue weighted by molar-refractivity contribution is 7.89. The Morgan fingerprint density at radius 1 is 1.13 bits per heavy atom. The highest BCUT2D eigenvalue weighted by Gasteiger charge is 2.25. The predicted molar refractivity (Wildman–Crippen MR) is 119 cm³/mol. The highest BCUT2D eigenvalue weighted by Crippen LogP contribution is 2.25. The van der Waals surface area contributed by atoms with Gasteiger partial charge in [0.25, 0.3) is 5.91 Å². The third kappa shape index (κ3) is 5.01. The topological polar surface area (TPSA) is 112 Å². The third-order valence-corrected chi connectivity index (χ3v) is 6.96. The lowest BCUT2D eigenvalue weighted by molar-refractivity contribution is 0.102. The van der Waals surface area contributed by atoms with Gasteiger partial charge >= 0.3 is 0 Å². The Balaban J connectivity index is 1.84. The van der Waals surface area contributed by atoms with Crippen LogP contribution in [0.15, 0.2) is 59.8 Å². The number of sulfonamides is 1. The van der Waals surface area contributed by atoms with Crippen LogP contribution >= 0.6 is 11.6 Å². The molecule has 1 heterocycles. The van der Waals surface area contributed by atoms with E-state index in [2.05, 4.69) is 15.3 Å². The first-order chi connectivity index (χ1) is 14.6. The van der Waals surface area contributed by atoms with Crippen molar-refractivity contribution in [1.29, 1.82) is 0 Å². The number of halogens is 1. The number of nitrogens with zero attached hydrogens (tertiary/aromatic N) is 3. The molecule has 2 N–H and O–H groups in total. The molecule has 0 saturated heterocycles. The molecule has 1 amide bonds. The fourth-order valence-corrected chi connectivity index (χ4v) is 4.27. The van der Waals surface area contributed by atoms with Crippen LogP contribution in [0.2, 0.25) is 5.02 Å². The number of phenols is 1. The number of hydrogen-bond acceptors (Lipinski definition) is 6. The summed E-state index contributed by atoms with van der Waals surface area (Å²) >= 11 is 6.15. The Morgan fingerprint density at radius 2 is 1.81 bits per heavy atom. The molecule has 1 aromatic heterocycles. The summed E-state index contributed by atoms with van der Waals surface area (Å²) in [6, 6.07) is 10.2. The third-order valence-electron chi connectivity index (χ3n) is 4.60. The van der Waals surface area contributed by atoms with Gasteiger partial charge in [0.15, 0.2) is 5.82 Å². The van der Waals surface area contributed by atoms with Crippen molar-refractivity contribution in [3.63, 3.8) is 0 Å². The smallest absolute Gasteiger partial charge is 0.257 e. The van der Waals surface area contributed by atoms with Gasteiger partial charge in [0.2, 0.25) is 10.0 Å². The van der Waals surface area contributed by atoms with Gasteiger partial charge in [0.05, 0.1) is 33.6 Å². The van der Waals surface area contributed by atoms with Crippen LogP contribution in [0.1, 0.15) is 24.2 Å². The molecule has 0 bridgehead atoms. The minimum atomic E-state index is -3.77. The van der Waals surface area contributed by atoms with Crippen LogP contribution < -0.4 is 5.32 Å². The molecule has 0 aliphatic heterocycles. The normalized spacial score (nSPS) is 11.7. The molecule has 0 fully saturated rings. The van der Waals surface area contributed by atoms with Gasteiger partial charge in [-0.3, -0.25) is 4.79 Å². The van der Waals surface area contributed by atoms with Crippen LogP contribution in [-0.2, 0) is 10.0 Å². The first-order valence-electron chi connectivity index (χ1n) is 9.30. The molecular weight excluding hydrogens is 440 g/mol. The average Bonchev–Trinajstić information content (AvgIpc) is 2.73. The average molecular weight is 461 g/mol. The van der Waals surface area contributed by atoms with Crippen molar-refractivity contribution in [2.75, 3.05) is 12.4 Å². The maximum atomic E-state index is 12.7. The number of hydrogen-bond donors (Lipinski definition) is 2. The molecule has 10 heteroatoms. The van der Waals surface area contributed by atoms with E-state index in [0.717, 1.165) is 0 Å². The molecule has 0 atom stereocenters. The Morgan fingerprint density at radius 3 is 2.42 bits per heavy atom. The van der Waals surface area contributed by atoms with Crippen LogP contribution in [-0.4, -0.2) is 46.8 Å². The lowest BCUT2D eigenvalue weighted by atomic mass is 10.2. The van der Waals surface area contributed by atoms with Crippen LogP contribution in [0.25, 0.3) is 11.4 Å². The zero-order chi connectivity index (χ0) is 22.8. The summed E-state index contributed by atoms with van der Waals surface area (Å²) in [6.07, 6.45) is 2.82. The van der Waals surface area contributed by atoms with Gasteiger partial charge in [-0.15, -0.1) is 0 Å². The number of benzene rings is 2. The number of anilines is 1. The second-order valence-electron chi connectivity index (χ2n) is 7.06. The second kappa shape index (κ2) is 9.01. The van der Waals surface area contributed by atoms with E-state index in [-0.39, 0.29) is 27.3 Å². The van der Waals surface area contributed by atoms with Crippen molar-refractivity contribution in [1.82, 2.24) is 14.3 Å². The number of rotatable bonds is 6. The minimum Gasteiger partial charge on any atom is -0.508 e. The van der Waals surface area contributed by atoms with Gasteiger partial charge in [-0.1, -0.05) is 23.7 Å². The quantitative estimate of drug-likeness (QED) is 0.578. The fourth-order valence-electron chi connectivity index (χ4n) is 2.67. The van der Waals surface area contributed by atoms with Gasteiger partial charge in [-0.2, -0.15) is 4.31 Å². The van der Waals surface area contributed by atoms with Crippen molar-refractivity contribution in [3.8, 4) is 17.1 Å². The maximum Gasteiger partial charge on any atom is 0.257 e. The Labute approximate surface area is 185 Å². The van der Waals surface area contributed by atoms with E-state index in [1.54, 1.807) is 26.0 Å². The zero-order valence-electron chi connectivity index (χ0n) is 17.1. The fraction of sp³-hybridized carbons (Fsp3) is 0.190. The zero-order valence-corrected chi connectivity index (χ0v) is 18.6. The second-order valence-corrected chi connectivity index (χ2v) is 9.46. The number of nitrogens with one attached hydrogen (secondary N) is 1. The summed E-state index contributed by atoms with van der Waals surface area (Å²) in [5.74, 6) is -0.134. The van der Waals surface area contributed by atoms with Crippen LogP contribution in [0.5, 0.6) is 5.75 Å². The van der Waals surface area contributed by atoms with Gasteiger partial charge in [-0.05, 0) is 44.2 Å². The van der Waals surface area contributed by atoms with E-state index in [1.807, 2.05) is 0 Å². The number of phenolic OH excluding ortho intramolecular Hbond substituents is 1. The Hall–Kier alpha value is -3.01. The molecule has 2 aromatic carbocycles. The van der Waals surface area contributed by atoms with Crippen molar-refractivity contribution < 1.29 is 18.3 Å². The van der Waals surface area contributed by atoms with Gasteiger partial charge in [-0.25, -0.2) is 18.4 Å². The lowest BCUT2D eigenvalue weighted by Gasteiger charge is -2.21. The minimum absolute atomic E-state index is 0.0111. The maximum absolute atomic E-state index is 12.7. The van der Waals surface area contributed by atoms with Crippen molar-refractivity contribution in [2.24, 2.45) is 0 Å². The predicted octanol–water partition coefficient (Wildman–Crippen LogP) is 3.78. The van der Waals surface area contributed by atoms with Crippen LogP contribution in [0.3, 0.4) is 0 Å². The van der Waals surface area contributed by atoms with Gasteiger partial charge < -0.3 is 10.4 Å². The standard InChI is InChI=1S/C21H21ClN4O4S/c1-13(2)26(3)31(29,30)17-7-8-19(22)18(10-17)21(28)25-15-11-23-20(24-12-15)14-5-4-6-16(27)9-14/h4-13,27H,1-3H3,(H,25,28). The first-order valence-corrected chi connectivity index (χ1v) is 11.1. The molecule has 0 unspecified atom stereocenters. The van der Waals surface area contributed by atoms with E-state index in [1.165, 1.54) is 54.1 Å². The largest absolute Gasteiger partial charge is 0.508 e. The van der Waals surface area contributed by atoms with Crippen LogP contribution in [0.4, 0.5) is 5.69 Å². The van der Waals surface area contributed by atoms with Crippen molar-refractivity contribution >= 4 is 33.2 Å². The summed E-state index contributed by atoms with van der Waals surface area (Å²) in [5.41, 5.74) is 0.933. The monoisotopic (exact) mass is 460 g/mol. The summed E-state index contributed by atoms with van der Waals surface area (Å²) in [4.78, 5) is 21.1. The van der Waals surface area contributed by atoms with Crippen molar-refractivity contribution in [2.45, 2.75) is 24.8 Å². The molecule has 0 spiro atoms. The first kappa shape index (κ1) is 22.7. The summed E-state index contributed by atoms with van der Waals surface area (Å²) < 4.78 is 26.7. The van der Waals surface area contributed by atoms with Crippen LogP contribution in [0, 0.1) is 0 Å². The van der Waals surface area contributed by atoms with E-state index >= 15 is 0 Å². The molecule has 31 heavy (non-hydrogen) atoms. The molecule has 0 saturated carbocycles. The molecular formula is C21H21ClN4O4S. The SMILES string of the molecule is CC(C)N(C)S(=O)(=O)c1ccc(Cl)c(C(=O)Nc2cnc(-c3cccc(O)c3)nc2)c1. The lowest BCUT2D eigenvalue weighted by Crippen LogP contribution is -2.33. The molecule has 0 radical (unpaired) electrons. The number of carbonyl (C=O) groups excluding carboxylic acids is 1. The Kier molecular flexibility index (Phi) is 6.59. The number of aromatic hydroxyl groups is 1. The number of amides is 1. The van der Waals surface area contributed by atoms with E-state index in [4.69, 9.17) is 11.6 Å². The molecule has 162 valence electrons. The van der Waals surface area contributed by atoms with Crippen molar-refractivity contribution in [3.05, 3.63) is 65.4 Å². The van der Waals surface area contributed by atoms with E-state index in [0.29, 0.717) is 17.1 Å². The number of aromatic nitrogens is 2. The summed E-state index contributed by atoms with van der Waals surface area (Å²) in [5, 5.41) is 12.3. The highest BCUT2D eigenvalue weighted by atomic mass is 35.5. The van der Waals surface area contributed by atoms with E-state index in [9.17, 15) is 18.3 Å². The summed E-state index contributed by atoms with van der Waals surface area (Å²) in [7, 11) is -2.30. The molecule has 3 aromatic rings. The Bertz CT molecular complexity index is 1210. The summed E-state index contributed by atoms with van der Waals surface area (Å²) in [6.45, 7) is 3.50. The van der Waals surface area contributed by atoms with Gasteiger partial charge in [0, 0.05) is 18.7 Å². The molecule has 0 aliphatic carbocycles. The van der Waals surface area contributed by atoms with E-state index < -0.39 is 15.9 Å². The van der Waals surface area contributed by atoms with Gasteiger partial charge in [0.1, 0.15) is 5.75 Å². The molecule has 8 nitrogen and oxygen atoms in total. The number of carbonyl (C=O) groups is 1.